The summed E-state index contributed by atoms with van der Waals surface area (Å²) in [4.78, 5) is 4.56. The molecule has 0 aliphatic carbocycles. The second kappa shape index (κ2) is 7.71. The largest absolute Gasteiger partial charge is 0.362 e. The lowest BCUT2D eigenvalue weighted by atomic mass is 10.1. The number of hydrogen-bond acceptors (Lipinski definition) is 5. The predicted molar refractivity (Wildman–Crippen MR) is 92.9 cm³/mol. The summed E-state index contributed by atoms with van der Waals surface area (Å²) < 4.78 is 24.5. The van der Waals surface area contributed by atoms with Crippen LogP contribution in [0.15, 0.2) is 29.6 Å². The third kappa shape index (κ3) is 5.40. The topological polar surface area (TPSA) is 71.1 Å². The van der Waals surface area contributed by atoms with Crippen molar-refractivity contribution in [3.63, 3.8) is 0 Å². The number of anilines is 1. The van der Waals surface area contributed by atoms with Gasteiger partial charge in [-0.05, 0) is 18.4 Å². The van der Waals surface area contributed by atoms with Crippen LogP contribution in [0.25, 0.3) is 11.3 Å². The van der Waals surface area contributed by atoms with E-state index < -0.39 is 10.0 Å². The van der Waals surface area contributed by atoms with Crippen LogP contribution in [0.3, 0.4) is 0 Å². The first-order chi connectivity index (χ1) is 10.5. The monoisotopic (exact) mass is 339 g/mol. The maximum atomic E-state index is 11.0. The SMILES string of the molecule is CCCNc1nc(-c2ccc(CCNS(C)(=O)=O)cc2)cs1. The summed E-state index contributed by atoms with van der Waals surface area (Å²) in [6.07, 6.45) is 2.92. The van der Waals surface area contributed by atoms with Crippen molar-refractivity contribution in [2.75, 3.05) is 24.7 Å². The van der Waals surface area contributed by atoms with Crippen LogP contribution in [0.2, 0.25) is 0 Å². The molecule has 120 valence electrons. The van der Waals surface area contributed by atoms with Crippen molar-refractivity contribution >= 4 is 26.5 Å². The van der Waals surface area contributed by atoms with Crippen molar-refractivity contribution in [2.24, 2.45) is 0 Å². The lowest BCUT2D eigenvalue weighted by Gasteiger charge is -2.04. The van der Waals surface area contributed by atoms with Gasteiger partial charge in [-0.2, -0.15) is 0 Å². The zero-order chi connectivity index (χ0) is 16.0. The fraction of sp³-hybridized carbons (Fsp3) is 0.400. The number of nitrogens with zero attached hydrogens (tertiary/aromatic N) is 1. The van der Waals surface area contributed by atoms with Gasteiger partial charge < -0.3 is 5.32 Å². The molecule has 0 atom stereocenters. The van der Waals surface area contributed by atoms with Gasteiger partial charge in [0.1, 0.15) is 0 Å². The summed E-state index contributed by atoms with van der Waals surface area (Å²) in [6.45, 7) is 3.47. The average Bonchev–Trinajstić information content (AvgIpc) is 2.93. The Morgan fingerprint density at radius 1 is 1.18 bits per heavy atom. The number of sulfonamides is 1. The lowest BCUT2D eigenvalue weighted by molar-refractivity contribution is 0.588. The van der Waals surface area contributed by atoms with Gasteiger partial charge in [-0.25, -0.2) is 18.1 Å². The van der Waals surface area contributed by atoms with E-state index in [1.54, 1.807) is 11.3 Å². The summed E-state index contributed by atoms with van der Waals surface area (Å²) in [7, 11) is -3.12. The van der Waals surface area contributed by atoms with E-state index in [1.807, 2.05) is 29.6 Å². The average molecular weight is 339 g/mol. The second-order valence-corrected chi connectivity index (χ2v) is 7.77. The molecule has 5 nitrogen and oxygen atoms in total. The standard InChI is InChI=1S/C15H21N3O2S2/c1-3-9-16-15-18-14(11-21-15)13-6-4-12(5-7-13)8-10-17-22(2,19)20/h4-7,11,17H,3,8-10H2,1-2H3,(H,16,18). The minimum absolute atomic E-state index is 0.417. The number of rotatable bonds is 8. The first-order valence-electron chi connectivity index (χ1n) is 7.21. The summed E-state index contributed by atoms with van der Waals surface area (Å²) in [5.74, 6) is 0. The first-order valence-corrected chi connectivity index (χ1v) is 9.98. The van der Waals surface area contributed by atoms with Gasteiger partial charge in [-0.1, -0.05) is 31.2 Å². The van der Waals surface area contributed by atoms with Crippen LogP contribution in [0.5, 0.6) is 0 Å². The minimum Gasteiger partial charge on any atom is -0.362 e. The van der Waals surface area contributed by atoms with E-state index in [1.165, 1.54) is 6.26 Å². The maximum absolute atomic E-state index is 11.0. The van der Waals surface area contributed by atoms with Gasteiger partial charge in [0.2, 0.25) is 10.0 Å². The highest BCUT2D eigenvalue weighted by Crippen LogP contribution is 2.25. The lowest BCUT2D eigenvalue weighted by Crippen LogP contribution is -2.24. The Labute approximate surface area is 135 Å². The Morgan fingerprint density at radius 2 is 1.91 bits per heavy atom. The molecule has 1 aromatic carbocycles. The van der Waals surface area contributed by atoms with E-state index in [0.717, 1.165) is 34.9 Å². The molecular weight excluding hydrogens is 318 g/mol. The molecule has 22 heavy (non-hydrogen) atoms. The van der Waals surface area contributed by atoms with Gasteiger partial charge in [0, 0.05) is 24.0 Å². The fourth-order valence-electron chi connectivity index (χ4n) is 1.94. The van der Waals surface area contributed by atoms with Crippen molar-refractivity contribution < 1.29 is 8.42 Å². The van der Waals surface area contributed by atoms with Crippen molar-refractivity contribution in [3.05, 3.63) is 35.2 Å². The highest BCUT2D eigenvalue weighted by atomic mass is 32.2. The molecule has 0 fully saturated rings. The molecule has 2 rings (SSSR count). The smallest absolute Gasteiger partial charge is 0.208 e. The Hall–Kier alpha value is -1.44. The number of nitrogens with one attached hydrogen (secondary N) is 2. The first kappa shape index (κ1) is 16.9. The van der Waals surface area contributed by atoms with Crippen molar-refractivity contribution in [1.82, 2.24) is 9.71 Å². The predicted octanol–water partition coefficient (Wildman–Crippen LogP) is 2.72. The Kier molecular flexibility index (Phi) is 5.93. The van der Waals surface area contributed by atoms with Gasteiger partial charge in [0.15, 0.2) is 5.13 Å². The van der Waals surface area contributed by atoms with Crippen LogP contribution >= 0.6 is 11.3 Å². The maximum Gasteiger partial charge on any atom is 0.208 e. The van der Waals surface area contributed by atoms with Crippen LogP contribution in [0.1, 0.15) is 18.9 Å². The van der Waals surface area contributed by atoms with Gasteiger partial charge in [0.05, 0.1) is 11.9 Å². The zero-order valence-electron chi connectivity index (χ0n) is 12.8. The van der Waals surface area contributed by atoms with E-state index in [4.69, 9.17) is 0 Å². The Morgan fingerprint density at radius 3 is 2.55 bits per heavy atom. The Bertz CT molecular complexity index is 694. The van der Waals surface area contributed by atoms with Gasteiger partial charge in [0.25, 0.3) is 0 Å². The second-order valence-electron chi connectivity index (χ2n) is 5.08. The molecule has 0 bridgehead atoms. The molecule has 0 aliphatic heterocycles. The van der Waals surface area contributed by atoms with E-state index in [-0.39, 0.29) is 0 Å². The number of aromatic nitrogens is 1. The van der Waals surface area contributed by atoms with E-state index in [0.29, 0.717) is 13.0 Å². The van der Waals surface area contributed by atoms with Crippen LogP contribution in [0.4, 0.5) is 5.13 Å². The van der Waals surface area contributed by atoms with Crippen molar-refractivity contribution in [2.45, 2.75) is 19.8 Å². The minimum atomic E-state index is -3.12. The molecule has 2 aromatic rings. The quantitative estimate of drug-likeness (QED) is 0.776. The number of thiazole rings is 1. The molecule has 0 amide bonds. The fourth-order valence-corrected chi connectivity index (χ4v) is 3.16. The normalized spacial score (nSPS) is 11.5. The molecular formula is C15H21N3O2S2. The van der Waals surface area contributed by atoms with Crippen LogP contribution in [-0.4, -0.2) is 32.7 Å². The third-order valence-corrected chi connectivity index (χ3v) is 4.59. The van der Waals surface area contributed by atoms with E-state index in [9.17, 15) is 8.42 Å². The summed E-state index contributed by atoms with van der Waals surface area (Å²) in [5.41, 5.74) is 3.13. The van der Waals surface area contributed by atoms with Crippen molar-refractivity contribution in [1.29, 1.82) is 0 Å². The van der Waals surface area contributed by atoms with Gasteiger partial charge >= 0.3 is 0 Å². The van der Waals surface area contributed by atoms with Crippen LogP contribution < -0.4 is 10.0 Å². The van der Waals surface area contributed by atoms with Crippen LogP contribution in [-0.2, 0) is 16.4 Å². The van der Waals surface area contributed by atoms with E-state index in [2.05, 4.69) is 21.9 Å². The summed E-state index contributed by atoms with van der Waals surface area (Å²) >= 11 is 1.61. The molecule has 0 saturated heterocycles. The molecule has 7 heteroatoms. The summed E-state index contributed by atoms with van der Waals surface area (Å²) in [6, 6.07) is 8.07. The molecule has 0 radical (unpaired) electrons. The van der Waals surface area contributed by atoms with Gasteiger partial charge in [-0.3, -0.25) is 0 Å². The molecule has 0 unspecified atom stereocenters. The highest BCUT2D eigenvalue weighted by molar-refractivity contribution is 7.88. The molecule has 0 saturated carbocycles. The third-order valence-electron chi connectivity index (χ3n) is 3.06. The Balaban J connectivity index is 1.95. The van der Waals surface area contributed by atoms with Crippen molar-refractivity contribution in [3.8, 4) is 11.3 Å². The van der Waals surface area contributed by atoms with E-state index >= 15 is 0 Å². The highest BCUT2D eigenvalue weighted by Gasteiger charge is 2.05. The number of benzene rings is 1. The van der Waals surface area contributed by atoms with Gasteiger partial charge in [-0.15, -0.1) is 11.3 Å². The zero-order valence-corrected chi connectivity index (χ0v) is 14.4. The summed E-state index contributed by atoms with van der Waals surface area (Å²) in [5, 5.41) is 6.26. The van der Waals surface area contributed by atoms with Crippen LogP contribution in [0, 0.1) is 0 Å². The number of hydrogen-bond donors (Lipinski definition) is 2. The molecule has 0 aliphatic rings. The molecule has 2 N–H and O–H groups in total. The molecule has 1 heterocycles. The molecule has 0 spiro atoms. The molecule has 1 aromatic heterocycles.